The molecule has 0 spiro atoms. The molecule has 0 rings (SSSR count). The fourth-order valence-corrected chi connectivity index (χ4v) is 0.939. The normalized spacial score (nSPS) is 10.8. The molecule has 0 fully saturated rings. The van der Waals surface area contributed by atoms with Crippen molar-refractivity contribution in [3.8, 4) is 0 Å². The molecule has 0 unspecified atom stereocenters. The van der Waals surface area contributed by atoms with E-state index >= 15 is 0 Å². The molecule has 4 nitrogen and oxygen atoms in total. The molecule has 0 saturated carbocycles. The van der Waals surface area contributed by atoms with Crippen LogP contribution in [-0.4, -0.2) is 43.2 Å². The van der Waals surface area contributed by atoms with E-state index in [4.69, 9.17) is 0 Å². The van der Waals surface area contributed by atoms with Gasteiger partial charge >= 0.3 is 18.1 Å². The molecule has 0 atom stereocenters. The predicted octanol–water partition coefficient (Wildman–Crippen LogP) is 1.13. The van der Waals surface area contributed by atoms with Gasteiger partial charge in [0.1, 0.15) is 0 Å². The first-order valence-electron chi connectivity index (χ1n) is 4.36. The summed E-state index contributed by atoms with van der Waals surface area (Å²) in [5, 5.41) is 0. The first-order valence-corrected chi connectivity index (χ1v) is 4.36. The number of amides is 1. The molecular weight excluding hydrogens is 227 g/mol. The maximum absolute atomic E-state index is 12.1. The van der Waals surface area contributed by atoms with Gasteiger partial charge in [0, 0.05) is 13.1 Å². The number of nitrogens with zero attached hydrogens (tertiary/aromatic N) is 1. The number of halogens is 3. The van der Waals surface area contributed by atoms with E-state index < -0.39 is 18.1 Å². The second-order valence-electron chi connectivity index (χ2n) is 2.86. The average Bonchev–Trinajstić information content (AvgIpc) is 2.21. The van der Waals surface area contributed by atoms with Crippen molar-refractivity contribution < 1.29 is 27.5 Å². The van der Waals surface area contributed by atoms with Gasteiger partial charge in [0.05, 0.1) is 13.5 Å². The van der Waals surface area contributed by atoms with Gasteiger partial charge in [-0.15, -0.1) is 6.58 Å². The van der Waals surface area contributed by atoms with E-state index in [1.165, 1.54) is 0 Å². The lowest BCUT2D eigenvalue weighted by molar-refractivity contribution is -0.185. The summed E-state index contributed by atoms with van der Waals surface area (Å²) < 4.78 is 40.5. The van der Waals surface area contributed by atoms with Gasteiger partial charge in [-0.1, -0.05) is 6.08 Å². The van der Waals surface area contributed by atoms with Crippen LogP contribution in [-0.2, 0) is 14.3 Å². The van der Waals surface area contributed by atoms with Gasteiger partial charge < -0.3 is 9.64 Å². The minimum absolute atomic E-state index is 0.269. The molecule has 0 aliphatic carbocycles. The predicted molar refractivity (Wildman–Crippen MR) is 49.5 cm³/mol. The van der Waals surface area contributed by atoms with E-state index in [-0.39, 0.29) is 19.5 Å². The van der Waals surface area contributed by atoms with Crippen LogP contribution in [0.4, 0.5) is 13.2 Å². The van der Waals surface area contributed by atoms with Gasteiger partial charge in [-0.3, -0.25) is 9.59 Å². The molecule has 92 valence electrons. The number of carbonyl (C=O) groups excluding carboxylic acids is 2. The first kappa shape index (κ1) is 14.5. The SMILES string of the molecule is C=CCN(CCC(=O)OC)C(=O)C(F)(F)F. The highest BCUT2D eigenvalue weighted by molar-refractivity contribution is 5.82. The lowest BCUT2D eigenvalue weighted by Crippen LogP contribution is -2.42. The largest absolute Gasteiger partial charge is 0.471 e. The Kier molecular flexibility index (Phi) is 5.55. The summed E-state index contributed by atoms with van der Waals surface area (Å²) in [5.41, 5.74) is 0. The molecular formula is C9H12F3NO3. The number of rotatable bonds is 5. The third-order valence-electron chi connectivity index (χ3n) is 1.69. The molecule has 7 heteroatoms. The zero-order chi connectivity index (χ0) is 12.8. The van der Waals surface area contributed by atoms with Gasteiger partial charge in [-0.25, -0.2) is 0 Å². The summed E-state index contributed by atoms with van der Waals surface area (Å²) >= 11 is 0. The fraction of sp³-hybridized carbons (Fsp3) is 0.556. The number of esters is 1. The van der Waals surface area contributed by atoms with Crippen molar-refractivity contribution >= 4 is 11.9 Å². The number of hydrogen-bond acceptors (Lipinski definition) is 3. The van der Waals surface area contributed by atoms with Crippen LogP contribution in [0.3, 0.4) is 0 Å². The number of carbonyl (C=O) groups is 2. The third-order valence-corrected chi connectivity index (χ3v) is 1.69. The van der Waals surface area contributed by atoms with Gasteiger partial charge in [0.2, 0.25) is 0 Å². The van der Waals surface area contributed by atoms with Crippen LogP contribution < -0.4 is 0 Å². The second kappa shape index (κ2) is 6.14. The van der Waals surface area contributed by atoms with Crippen LogP contribution >= 0.6 is 0 Å². The lowest BCUT2D eigenvalue weighted by atomic mass is 10.3. The molecule has 0 aliphatic heterocycles. The Balaban J connectivity index is 4.44. The Labute approximate surface area is 90.7 Å². The summed E-state index contributed by atoms with van der Waals surface area (Å²) in [6, 6.07) is 0. The minimum Gasteiger partial charge on any atom is -0.469 e. The van der Waals surface area contributed by atoms with Crippen molar-refractivity contribution in [1.29, 1.82) is 0 Å². The molecule has 0 aromatic heterocycles. The maximum atomic E-state index is 12.1. The van der Waals surface area contributed by atoms with Crippen LogP contribution in [0.1, 0.15) is 6.42 Å². The molecule has 0 radical (unpaired) electrons. The van der Waals surface area contributed by atoms with Crippen LogP contribution in [0.25, 0.3) is 0 Å². The van der Waals surface area contributed by atoms with Crippen LogP contribution in [0, 0.1) is 0 Å². The quantitative estimate of drug-likeness (QED) is 0.533. The highest BCUT2D eigenvalue weighted by Crippen LogP contribution is 2.18. The zero-order valence-corrected chi connectivity index (χ0v) is 8.71. The highest BCUT2D eigenvalue weighted by Gasteiger charge is 2.42. The molecule has 0 aromatic carbocycles. The second-order valence-corrected chi connectivity index (χ2v) is 2.86. The van der Waals surface area contributed by atoms with E-state index in [1.807, 2.05) is 0 Å². The van der Waals surface area contributed by atoms with E-state index in [1.54, 1.807) is 0 Å². The molecule has 0 N–H and O–H groups in total. The number of hydrogen-bond donors (Lipinski definition) is 0. The molecule has 1 amide bonds. The fourth-order valence-electron chi connectivity index (χ4n) is 0.939. The lowest BCUT2D eigenvalue weighted by Gasteiger charge is -2.21. The van der Waals surface area contributed by atoms with E-state index in [9.17, 15) is 22.8 Å². The van der Waals surface area contributed by atoms with Crippen molar-refractivity contribution in [2.45, 2.75) is 12.6 Å². The average molecular weight is 239 g/mol. The summed E-state index contributed by atoms with van der Waals surface area (Å²) in [7, 11) is 1.12. The Morgan fingerprint density at radius 1 is 1.44 bits per heavy atom. The van der Waals surface area contributed by atoms with Crippen LogP contribution in [0.15, 0.2) is 12.7 Å². The zero-order valence-electron chi connectivity index (χ0n) is 8.71. The smallest absolute Gasteiger partial charge is 0.469 e. The monoisotopic (exact) mass is 239 g/mol. The Bertz CT molecular complexity index is 276. The summed E-state index contributed by atoms with van der Waals surface area (Å²) in [4.78, 5) is 22.1. The van der Waals surface area contributed by atoms with Crippen molar-refractivity contribution in [2.75, 3.05) is 20.2 Å². The summed E-state index contributed by atoms with van der Waals surface area (Å²) in [5.74, 6) is -2.67. The van der Waals surface area contributed by atoms with Crippen molar-refractivity contribution in [1.82, 2.24) is 4.90 Å². The van der Waals surface area contributed by atoms with Crippen molar-refractivity contribution in [2.24, 2.45) is 0 Å². The van der Waals surface area contributed by atoms with Crippen LogP contribution in [0.2, 0.25) is 0 Å². The van der Waals surface area contributed by atoms with Gasteiger partial charge in [-0.05, 0) is 0 Å². The topological polar surface area (TPSA) is 46.6 Å². The number of methoxy groups -OCH3 is 1. The molecule has 0 saturated heterocycles. The molecule has 0 heterocycles. The van der Waals surface area contributed by atoms with E-state index in [2.05, 4.69) is 11.3 Å². The van der Waals surface area contributed by atoms with Crippen LogP contribution in [0.5, 0.6) is 0 Å². The highest BCUT2D eigenvalue weighted by atomic mass is 19.4. The van der Waals surface area contributed by atoms with Crippen molar-refractivity contribution in [3.05, 3.63) is 12.7 Å². The Morgan fingerprint density at radius 2 is 2.00 bits per heavy atom. The third kappa shape index (κ3) is 4.81. The number of alkyl halides is 3. The molecule has 0 bridgehead atoms. The summed E-state index contributed by atoms with van der Waals surface area (Å²) in [6.07, 6.45) is -4.08. The van der Waals surface area contributed by atoms with Gasteiger partial charge in [0.25, 0.3) is 0 Å². The molecule has 0 aliphatic rings. The van der Waals surface area contributed by atoms with E-state index in [0.717, 1.165) is 13.2 Å². The summed E-state index contributed by atoms with van der Waals surface area (Å²) in [6.45, 7) is 2.62. The van der Waals surface area contributed by atoms with Gasteiger partial charge in [-0.2, -0.15) is 13.2 Å². The Morgan fingerprint density at radius 3 is 2.38 bits per heavy atom. The van der Waals surface area contributed by atoms with E-state index in [0.29, 0.717) is 4.90 Å². The Hall–Kier alpha value is -1.53. The maximum Gasteiger partial charge on any atom is 0.471 e. The number of ether oxygens (including phenoxy) is 1. The first-order chi connectivity index (χ1) is 7.32. The molecule has 16 heavy (non-hydrogen) atoms. The van der Waals surface area contributed by atoms with Gasteiger partial charge in [0.15, 0.2) is 0 Å². The molecule has 0 aromatic rings. The minimum atomic E-state index is -4.95. The standard InChI is InChI=1S/C9H12F3NO3/c1-3-5-13(6-4-7(14)16-2)8(15)9(10,11)12/h3H,1,4-6H2,2H3. The van der Waals surface area contributed by atoms with Crippen molar-refractivity contribution in [3.63, 3.8) is 0 Å².